The molecule has 0 amide bonds. The summed E-state index contributed by atoms with van der Waals surface area (Å²) >= 11 is 0. The van der Waals surface area contributed by atoms with Crippen molar-refractivity contribution in [3.8, 4) is 11.5 Å². The Hall–Kier alpha value is -2.04. The summed E-state index contributed by atoms with van der Waals surface area (Å²) in [5.41, 5.74) is 7.74. The Morgan fingerprint density at radius 3 is 2.48 bits per heavy atom. The fourth-order valence-corrected chi connectivity index (χ4v) is 2.89. The third-order valence-electron chi connectivity index (χ3n) is 4.61. The molecule has 0 aromatic heterocycles. The average Bonchev–Trinajstić information content (AvgIpc) is 2.52. The lowest BCUT2D eigenvalue weighted by Crippen LogP contribution is -2.36. The van der Waals surface area contributed by atoms with E-state index in [9.17, 15) is 10.2 Å². The van der Waals surface area contributed by atoms with Crippen molar-refractivity contribution in [2.24, 2.45) is 11.7 Å². The second-order valence-corrected chi connectivity index (χ2v) is 6.20. The van der Waals surface area contributed by atoms with Gasteiger partial charge in [0.05, 0.1) is 12.1 Å². The summed E-state index contributed by atoms with van der Waals surface area (Å²) in [5.74, 6) is 0.903. The van der Waals surface area contributed by atoms with Crippen LogP contribution < -0.4 is 10.5 Å². The first-order valence-electron chi connectivity index (χ1n) is 8.08. The maximum Gasteiger partial charge on any atom is 0.124 e. The highest BCUT2D eigenvalue weighted by atomic mass is 16.5. The van der Waals surface area contributed by atoms with Crippen molar-refractivity contribution in [2.75, 3.05) is 0 Å². The Kier molecular flexibility index (Phi) is 4.84. The van der Waals surface area contributed by atoms with Crippen LogP contribution in [0.2, 0.25) is 0 Å². The van der Waals surface area contributed by atoms with Crippen LogP contribution >= 0.6 is 0 Å². The average molecular weight is 313 g/mol. The lowest BCUT2D eigenvalue weighted by atomic mass is 9.77. The molecule has 2 aromatic rings. The van der Waals surface area contributed by atoms with Crippen molar-refractivity contribution in [1.82, 2.24) is 0 Å². The standard InChI is InChI=1S/C19H23NO3/c20-18(19(22)14-7-4-8-14)16-10-9-15(11-17(16)21)23-12-13-5-2-1-3-6-13/h1-3,5-6,9-11,14,18-19,21-22H,4,7-8,12,20H2/t18-,19+/m1/s1. The third-order valence-corrected chi connectivity index (χ3v) is 4.61. The maximum absolute atomic E-state index is 10.3. The maximum atomic E-state index is 10.3. The quantitative estimate of drug-likeness (QED) is 0.766. The molecule has 0 aliphatic heterocycles. The van der Waals surface area contributed by atoms with Gasteiger partial charge in [0.1, 0.15) is 18.1 Å². The number of nitrogens with two attached hydrogens (primary N) is 1. The van der Waals surface area contributed by atoms with Gasteiger partial charge in [-0.3, -0.25) is 0 Å². The number of phenolic OH excluding ortho intramolecular Hbond substituents is 1. The SMILES string of the molecule is N[C@H](c1ccc(OCc2ccccc2)cc1O)[C@@H](O)C1CCC1. The largest absolute Gasteiger partial charge is 0.507 e. The van der Waals surface area contributed by atoms with Crippen LogP contribution in [0.3, 0.4) is 0 Å². The molecular formula is C19H23NO3. The molecule has 0 spiro atoms. The fraction of sp³-hybridized carbons (Fsp3) is 0.368. The minimum Gasteiger partial charge on any atom is -0.507 e. The molecule has 0 saturated heterocycles. The minimum absolute atomic E-state index is 0.0708. The highest BCUT2D eigenvalue weighted by molar-refractivity contribution is 5.42. The Morgan fingerprint density at radius 1 is 1.13 bits per heavy atom. The van der Waals surface area contributed by atoms with Crippen molar-refractivity contribution in [3.63, 3.8) is 0 Å². The zero-order chi connectivity index (χ0) is 16.2. The van der Waals surface area contributed by atoms with Gasteiger partial charge in [-0.25, -0.2) is 0 Å². The number of aliphatic hydroxyl groups is 1. The summed E-state index contributed by atoms with van der Waals surface area (Å²) in [6.45, 7) is 0.441. The highest BCUT2D eigenvalue weighted by Crippen LogP contribution is 2.37. The lowest BCUT2D eigenvalue weighted by Gasteiger charge is -2.34. The first-order chi connectivity index (χ1) is 11.1. The van der Waals surface area contributed by atoms with Gasteiger partial charge in [0, 0.05) is 11.6 Å². The summed E-state index contributed by atoms with van der Waals surface area (Å²) in [5, 5.41) is 20.5. The summed E-state index contributed by atoms with van der Waals surface area (Å²) < 4.78 is 5.68. The molecule has 122 valence electrons. The van der Waals surface area contributed by atoms with Crippen LogP contribution in [0.5, 0.6) is 11.5 Å². The van der Waals surface area contributed by atoms with E-state index in [2.05, 4.69) is 0 Å². The molecule has 1 aliphatic carbocycles. The minimum atomic E-state index is -0.606. The number of aromatic hydroxyl groups is 1. The van der Waals surface area contributed by atoms with Gasteiger partial charge in [-0.1, -0.05) is 36.8 Å². The summed E-state index contributed by atoms with van der Waals surface area (Å²) in [4.78, 5) is 0. The molecule has 2 aromatic carbocycles. The normalized spacial score (nSPS) is 17.3. The van der Waals surface area contributed by atoms with Crippen LogP contribution in [0.25, 0.3) is 0 Å². The van der Waals surface area contributed by atoms with Gasteiger partial charge >= 0.3 is 0 Å². The highest BCUT2D eigenvalue weighted by Gasteiger charge is 2.31. The molecule has 4 heteroatoms. The predicted octanol–water partition coefficient (Wildman–Crippen LogP) is 3.13. The van der Waals surface area contributed by atoms with Gasteiger partial charge in [-0.05, 0) is 36.5 Å². The number of rotatable bonds is 6. The summed E-state index contributed by atoms with van der Waals surface area (Å²) in [6, 6.07) is 14.4. The van der Waals surface area contributed by atoms with Crippen molar-refractivity contribution in [3.05, 3.63) is 59.7 Å². The smallest absolute Gasteiger partial charge is 0.124 e. The number of benzene rings is 2. The number of phenols is 1. The number of ether oxygens (including phenoxy) is 1. The Balaban J connectivity index is 1.65. The second-order valence-electron chi connectivity index (χ2n) is 6.20. The molecule has 2 atom stereocenters. The molecule has 3 rings (SSSR count). The molecule has 4 nitrogen and oxygen atoms in total. The van der Waals surface area contributed by atoms with Gasteiger partial charge in [0.15, 0.2) is 0 Å². The number of aliphatic hydroxyl groups excluding tert-OH is 1. The van der Waals surface area contributed by atoms with E-state index in [1.54, 1.807) is 18.2 Å². The third kappa shape index (κ3) is 3.66. The first-order valence-corrected chi connectivity index (χ1v) is 8.08. The number of hydrogen-bond acceptors (Lipinski definition) is 4. The van der Waals surface area contributed by atoms with Gasteiger partial charge < -0.3 is 20.7 Å². The molecule has 1 aliphatic rings. The fourth-order valence-electron chi connectivity index (χ4n) is 2.89. The van der Waals surface area contributed by atoms with Crippen LogP contribution in [0.15, 0.2) is 48.5 Å². The van der Waals surface area contributed by atoms with Crippen LogP contribution in [0.4, 0.5) is 0 Å². The van der Waals surface area contributed by atoms with Crippen LogP contribution in [-0.2, 0) is 6.61 Å². The zero-order valence-electron chi connectivity index (χ0n) is 13.1. The first kappa shape index (κ1) is 15.8. The Morgan fingerprint density at radius 2 is 1.87 bits per heavy atom. The molecule has 0 unspecified atom stereocenters. The van der Waals surface area contributed by atoms with Crippen LogP contribution in [0, 0.1) is 5.92 Å². The van der Waals surface area contributed by atoms with Crippen molar-refractivity contribution in [2.45, 2.75) is 38.0 Å². The molecule has 23 heavy (non-hydrogen) atoms. The van der Waals surface area contributed by atoms with E-state index >= 15 is 0 Å². The molecule has 1 saturated carbocycles. The molecule has 1 fully saturated rings. The van der Waals surface area contributed by atoms with Crippen LogP contribution in [0.1, 0.15) is 36.4 Å². The van der Waals surface area contributed by atoms with E-state index in [1.807, 2.05) is 30.3 Å². The monoisotopic (exact) mass is 313 g/mol. The molecule has 0 radical (unpaired) electrons. The topological polar surface area (TPSA) is 75.7 Å². The zero-order valence-corrected chi connectivity index (χ0v) is 13.1. The predicted molar refractivity (Wildman–Crippen MR) is 89.2 cm³/mol. The second kappa shape index (κ2) is 7.02. The van der Waals surface area contributed by atoms with Gasteiger partial charge in [-0.15, -0.1) is 0 Å². The molecular weight excluding hydrogens is 290 g/mol. The van der Waals surface area contributed by atoms with E-state index < -0.39 is 12.1 Å². The van der Waals surface area contributed by atoms with Gasteiger partial charge in [0.2, 0.25) is 0 Å². The summed E-state index contributed by atoms with van der Waals surface area (Å²) in [7, 11) is 0. The van der Waals surface area contributed by atoms with E-state index in [4.69, 9.17) is 10.5 Å². The molecule has 0 heterocycles. The lowest BCUT2D eigenvalue weighted by molar-refractivity contribution is 0.0407. The van der Waals surface area contributed by atoms with Crippen molar-refractivity contribution in [1.29, 1.82) is 0 Å². The summed E-state index contributed by atoms with van der Waals surface area (Å²) in [6.07, 6.45) is 2.56. The number of hydrogen-bond donors (Lipinski definition) is 3. The van der Waals surface area contributed by atoms with E-state index in [0.717, 1.165) is 24.8 Å². The molecule has 0 bridgehead atoms. The van der Waals surface area contributed by atoms with E-state index in [-0.39, 0.29) is 11.7 Å². The van der Waals surface area contributed by atoms with E-state index in [1.165, 1.54) is 0 Å². The van der Waals surface area contributed by atoms with Crippen molar-refractivity contribution >= 4 is 0 Å². The van der Waals surface area contributed by atoms with Gasteiger partial charge in [0.25, 0.3) is 0 Å². The van der Waals surface area contributed by atoms with Crippen molar-refractivity contribution < 1.29 is 14.9 Å². The Bertz CT molecular complexity index is 640. The van der Waals surface area contributed by atoms with Crippen LogP contribution in [-0.4, -0.2) is 16.3 Å². The van der Waals surface area contributed by atoms with E-state index in [0.29, 0.717) is 17.9 Å². The molecule has 4 N–H and O–H groups in total. The van der Waals surface area contributed by atoms with Gasteiger partial charge in [-0.2, -0.15) is 0 Å². The Labute approximate surface area is 136 Å².